The van der Waals surface area contributed by atoms with Gasteiger partial charge in [0.1, 0.15) is 71.3 Å². The van der Waals surface area contributed by atoms with Gasteiger partial charge in [-0.05, 0) is 18.2 Å². The summed E-state index contributed by atoms with van der Waals surface area (Å²) in [5, 5.41) is 91.0. The zero-order valence-electron chi connectivity index (χ0n) is 24.4. The zero-order chi connectivity index (χ0) is 33.4. The molecule has 2 aliphatic heterocycles. The predicted octanol–water partition coefficient (Wildman–Crippen LogP) is -2.46. The van der Waals surface area contributed by atoms with Gasteiger partial charge in [0.05, 0.1) is 27.4 Å². The number of aliphatic hydroxyl groups is 8. The number of hydrogen-bond donors (Lipinski definition) is 9. The zero-order valence-corrected chi connectivity index (χ0v) is 24.4. The third-order valence-corrected chi connectivity index (χ3v) is 7.74. The van der Waals surface area contributed by atoms with E-state index in [9.17, 15) is 50.8 Å². The standard InChI is InChI=1S/C29H34O17/c1-40-11-6-12(32)18-15(7-11)42-26(27(21(18)35)46-29-25(39)23(37)20(34)17(9-31)45-29)10-3-4-13(14(5-10)41-2)43-28-24(38)22(36)19(33)16(8-30)44-28/h3-7,16-17,19-20,22-25,28-34,36-39H,8-9H2,1-2H3/t16?,17?,19-,20+,22?,23?,24?,25?,28-,29-/m1/s1. The molecule has 252 valence electrons. The number of aromatic hydroxyl groups is 1. The monoisotopic (exact) mass is 654 g/mol. The summed E-state index contributed by atoms with van der Waals surface area (Å²) >= 11 is 0. The fourth-order valence-electron chi connectivity index (χ4n) is 5.15. The molecule has 9 N–H and O–H groups in total. The topological polar surface area (TPSA) is 268 Å². The van der Waals surface area contributed by atoms with Crippen molar-refractivity contribution < 1.29 is 78.8 Å². The summed E-state index contributed by atoms with van der Waals surface area (Å²) in [7, 11) is 2.60. The van der Waals surface area contributed by atoms with E-state index in [1.54, 1.807) is 0 Å². The van der Waals surface area contributed by atoms with Gasteiger partial charge in [-0.2, -0.15) is 0 Å². The lowest BCUT2D eigenvalue weighted by Gasteiger charge is -2.39. The van der Waals surface area contributed by atoms with Crippen LogP contribution >= 0.6 is 0 Å². The molecular weight excluding hydrogens is 620 g/mol. The van der Waals surface area contributed by atoms with Crippen LogP contribution in [-0.4, -0.2) is 135 Å². The van der Waals surface area contributed by atoms with Crippen LogP contribution in [-0.2, 0) is 9.47 Å². The van der Waals surface area contributed by atoms with Crippen molar-refractivity contribution in [3.63, 3.8) is 0 Å². The van der Waals surface area contributed by atoms with E-state index < -0.39 is 91.6 Å². The molecule has 46 heavy (non-hydrogen) atoms. The summed E-state index contributed by atoms with van der Waals surface area (Å²) < 4.78 is 38.8. The fraction of sp³-hybridized carbons (Fsp3) is 0.483. The predicted molar refractivity (Wildman–Crippen MR) is 151 cm³/mol. The highest BCUT2D eigenvalue weighted by Crippen LogP contribution is 2.41. The maximum atomic E-state index is 13.8. The van der Waals surface area contributed by atoms with Gasteiger partial charge in [0.2, 0.25) is 23.8 Å². The minimum absolute atomic E-state index is 0.0236. The van der Waals surface area contributed by atoms with Crippen molar-refractivity contribution in [3.8, 4) is 40.1 Å². The Bertz CT molecular complexity index is 1590. The maximum absolute atomic E-state index is 13.8. The van der Waals surface area contributed by atoms with Crippen molar-refractivity contribution in [2.24, 2.45) is 0 Å². The number of rotatable bonds is 9. The average molecular weight is 655 g/mol. The van der Waals surface area contributed by atoms with Crippen molar-refractivity contribution in [3.05, 3.63) is 40.6 Å². The van der Waals surface area contributed by atoms with E-state index in [0.29, 0.717) is 0 Å². The second kappa shape index (κ2) is 13.5. The van der Waals surface area contributed by atoms with Gasteiger partial charge in [0, 0.05) is 17.7 Å². The number of methoxy groups -OCH3 is 2. The maximum Gasteiger partial charge on any atom is 0.239 e. The van der Waals surface area contributed by atoms with Crippen LogP contribution < -0.4 is 24.4 Å². The van der Waals surface area contributed by atoms with Crippen molar-refractivity contribution in [1.82, 2.24) is 0 Å². The quantitative estimate of drug-likeness (QED) is 0.116. The molecule has 0 radical (unpaired) electrons. The minimum atomic E-state index is -1.89. The van der Waals surface area contributed by atoms with E-state index >= 15 is 0 Å². The van der Waals surface area contributed by atoms with Crippen LogP contribution in [0, 0.1) is 0 Å². The van der Waals surface area contributed by atoms with E-state index in [1.807, 2.05) is 0 Å². The Morgan fingerprint density at radius 3 is 1.85 bits per heavy atom. The molecule has 10 atom stereocenters. The molecule has 0 spiro atoms. The Hall–Kier alpha value is -3.75. The fourth-order valence-corrected chi connectivity index (χ4v) is 5.15. The highest BCUT2D eigenvalue weighted by Gasteiger charge is 2.46. The van der Waals surface area contributed by atoms with Crippen molar-refractivity contribution in [2.45, 2.75) is 61.4 Å². The summed E-state index contributed by atoms with van der Waals surface area (Å²) in [6.07, 6.45) is -16.4. The summed E-state index contributed by atoms with van der Waals surface area (Å²) in [5.74, 6) is -1.36. The molecule has 0 aliphatic carbocycles. The van der Waals surface area contributed by atoms with Crippen molar-refractivity contribution in [2.75, 3.05) is 27.4 Å². The first-order valence-electron chi connectivity index (χ1n) is 13.9. The van der Waals surface area contributed by atoms with Gasteiger partial charge in [0.25, 0.3) is 0 Å². The average Bonchev–Trinajstić information content (AvgIpc) is 3.05. The molecule has 17 heteroatoms. The lowest BCUT2D eigenvalue weighted by atomic mass is 9.99. The Balaban J connectivity index is 1.59. The molecule has 1 aromatic heterocycles. The van der Waals surface area contributed by atoms with Crippen LogP contribution in [0.1, 0.15) is 0 Å². The Labute approximate surface area is 259 Å². The molecule has 3 aromatic rings. The number of ether oxygens (including phenoxy) is 6. The van der Waals surface area contributed by atoms with E-state index in [-0.39, 0.29) is 39.5 Å². The first kappa shape index (κ1) is 33.6. The number of benzene rings is 2. The Morgan fingerprint density at radius 2 is 1.30 bits per heavy atom. The first-order chi connectivity index (χ1) is 21.9. The van der Waals surface area contributed by atoms with Crippen LogP contribution in [0.5, 0.6) is 28.7 Å². The van der Waals surface area contributed by atoms with E-state index in [0.717, 1.165) is 6.07 Å². The van der Waals surface area contributed by atoms with Gasteiger partial charge in [-0.3, -0.25) is 4.79 Å². The lowest BCUT2D eigenvalue weighted by molar-refractivity contribution is -0.277. The molecule has 5 rings (SSSR count). The lowest BCUT2D eigenvalue weighted by Crippen LogP contribution is -2.60. The molecule has 0 amide bonds. The Kier molecular flexibility index (Phi) is 9.89. The third kappa shape index (κ3) is 6.05. The molecule has 2 fully saturated rings. The van der Waals surface area contributed by atoms with Gasteiger partial charge in [-0.25, -0.2) is 0 Å². The summed E-state index contributed by atoms with van der Waals surface area (Å²) in [4.78, 5) is 13.8. The smallest absolute Gasteiger partial charge is 0.239 e. The molecule has 17 nitrogen and oxygen atoms in total. The molecule has 0 bridgehead atoms. The second-order valence-corrected chi connectivity index (χ2v) is 10.6. The first-order valence-corrected chi connectivity index (χ1v) is 13.9. The van der Waals surface area contributed by atoms with Crippen LogP contribution in [0.15, 0.2) is 39.5 Å². The van der Waals surface area contributed by atoms with Crippen LogP contribution in [0.2, 0.25) is 0 Å². The normalized spacial score (nSPS) is 31.4. The van der Waals surface area contributed by atoms with E-state index in [1.165, 1.54) is 38.5 Å². The molecule has 0 saturated carbocycles. The molecular formula is C29H34O17. The van der Waals surface area contributed by atoms with Gasteiger partial charge in [0.15, 0.2) is 17.3 Å². The molecule has 6 unspecified atom stereocenters. The molecule has 2 saturated heterocycles. The summed E-state index contributed by atoms with van der Waals surface area (Å²) in [6, 6.07) is 6.49. The number of hydrogen-bond acceptors (Lipinski definition) is 17. The highest BCUT2D eigenvalue weighted by molar-refractivity contribution is 5.88. The largest absolute Gasteiger partial charge is 0.507 e. The van der Waals surface area contributed by atoms with Crippen LogP contribution in [0.4, 0.5) is 0 Å². The van der Waals surface area contributed by atoms with Gasteiger partial charge < -0.3 is 78.8 Å². The molecule has 3 heterocycles. The molecule has 2 aromatic carbocycles. The minimum Gasteiger partial charge on any atom is -0.507 e. The third-order valence-electron chi connectivity index (χ3n) is 7.74. The number of fused-ring (bicyclic) bond motifs is 1. The summed E-state index contributed by atoms with van der Waals surface area (Å²) in [5.41, 5.74) is -0.980. The van der Waals surface area contributed by atoms with Crippen molar-refractivity contribution in [1.29, 1.82) is 0 Å². The number of aliphatic hydroxyl groups excluding tert-OH is 8. The van der Waals surface area contributed by atoms with Gasteiger partial charge in [-0.15, -0.1) is 0 Å². The SMILES string of the molecule is COc1cc(O)c2c(=O)c(O[C@H]3OC(CO)[C@H](O)C(O)C3O)c(-c3ccc(O[C@@H]4OC(CO)[C@@H](O)C(O)C4O)c(OC)c3)oc2c1. The number of phenols is 1. The van der Waals surface area contributed by atoms with E-state index in [4.69, 9.17) is 32.8 Å². The summed E-state index contributed by atoms with van der Waals surface area (Å²) in [6.45, 7) is -1.45. The molecule has 2 aliphatic rings. The highest BCUT2D eigenvalue weighted by atomic mass is 16.7. The second-order valence-electron chi connectivity index (χ2n) is 10.6. The van der Waals surface area contributed by atoms with E-state index in [2.05, 4.69) is 0 Å². The van der Waals surface area contributed by atoms with Crippen LogP contribution in [0.3, 0.4) is 0 Å². The van der Waals surface area contributed by atoms with Gasteiger partial charge >= 0.3 is 0 Å². The Morgan fingerprint density at radius 1 is 0.717 bits per heavy atom. The van der Waals surface area contributed by atoms with Crippen LogP contribution in [0.25, 0.3) is 22.3 Å². The van der Waals surface area contributed by atoms with Crippen molar-refractivity contribution >= 4 is 11.0 Å². The van der Waals surface area contributed by atoms with Gasteiger partial charge in [-0.1, -0.05) is 0 Å². The number of phenolic OH excluding ortho intramolecular Hbond substituents is 1.